The monoisotopic (exact) mass is 364 g/mol. The molecule has 2 amide bonds. The summed E-state index contributed by atoms with van der Waals surface area (Å²) in [7, 11) is 0. The average molecular weight is 364 g/mol. The molecule has 1 atom stereocenters. The predicted octanol–water partition coefficient (Wildman–Crippen LogP) is 1.84. The molecule has 1 aromatic carbocycles. The molecule has 3 rings (SSSR count). The van der Waals surface area contributed by atoms with E-state index in [1.165, 1.54) is 6.08 Å². The Hall–Kier alpha value is -3.45. The van der Waals surface area contributed by atoms with Crippen LogP contribution in [0.4, 0.5) is 0 Å². The summed E-state index contributed by atoms with van der Waals surface area (Å²) in [6, 6.07) is 9.09. The maximum Gasteiger partial charge on any atom is 0.251 e. The number of carbonyl (C=O) groups excluding carboxylic acids is 2. The minimum atomic E-state index is -0.592. The number of aliphatic hydroxyl groups is 1. The van der Waals surface area contributed by atoms with E-state index in [1.807, 2.05) is 18.2 Å². The molecule has 7 heteroatoms. The average Bonchev–Trinajstić information content (AvgIpc) is 3.06. The number of rotatable bonds is 6. The molecule has 0 bridgehead atoms. The lowest BCUT2D eigenvalue weighted by Gasteiger charge is -2.08. The molecule has 2 aromatic heterocycles. The minimum absolute atomic E-state index is 0.205. The SMILES string of the molecule is C[C@@H](O)CNC(=O)c1ccc(-c2cnc3[nH]cc(C=CC(N)=O)c3c2)cc1. The Morgan fingerprint density at radius 3 is 2.70 bits per heavy atom. The van der Waals surface area contributed by atoms with Crippen LogP contribution in [-0.4, -0.2) is 39.5 Å². The number of benzene rings is 1. The van der Waals surface area contributed by atoms with Crippen LogP contribution in [0, 0.1) is 0 Å². The highest BCUT2D eigenvalue weighted by Gasteiger charge is 2.09. The molecule has 0 aliphatic heterocycles. The fourth-order valence-corrected chi connectivity index (χ4v) is 2.65. The molecule has 0 fully saturated rings. The summed E-state index contributed by atoms with van der Waals surface area (Å²) in [4.78, 5) is 30.4. The number of nitrogens with zero attached hydrogens (tertiary/aromatic N) is 1. The Kier molecular flexibility index (Phi) is 5.33. The molecular formula is C20H20N4O3. The van der Waals surface area contributed by atoms with Gasteiger partial charge in [0.2, 0.25) is 5.91 Å². The molecule has 0 saturated heterocycles. The lowest BCUT2D eigenvalue weighted by atomic mass is 10.0. The second-order valence-electron chi connectivity index (χ2n) is 6.24. The number of hydrogen-bond acceptors (Lipinski definition) is 4. The van der Waals surface area contributed by atoms with Crippen molar-refractivity contribution in [2.45, 2.75) is 13.0 Å². The first-order valence-corrected chi connectivity index (χ1v) is 8.45. The number of fused-ring (bicyclic) bond motifs is 1. The van der Waals surface area contributed by atoms with E-state index in [9.17, 15) is 14.7 Å². The van der Waals surface area contributed by atoms with E-state index in [0.29, 0.717) is 11.2 Å². The van der Waals surface area contributed by atoms with Crippen molar-refractivity contribution in [2.75, 3.05) is 6.54 Å². The van der Waals surface area contributed by atoms with Gasteiger partial charge in [-0.15, -0.1) is 0 Å². The molecule has 5 N–H and O–H groups in total. The number of primary amides is 1. The number of aliphatic hydroxyl groups excluding tert-OH is 1. The second kappa shape index (κ2) is 7.84. The van der Waals surface area contributed by atoms with Crippen molar-refractivity contribution in [3.8, 4) is 11.1 Å². The zero-order chi connectivity index (χ0) is 19.4. The van der Waals surface area contributed by atoms with Crippen molar-refractivity contribution >= 4 is 28.9 Å². The van der Waals surface area contributed by atoms with E-state index < -0.39 is 12.0 Å². The lowest BCUT2D eigenvalue weighted by Crippen LogP contribution is -2.30. The van der Waals surface area contributed by atoms with Crippen molar-refractivity contribution in [2.24, 2.45) is 5.73 Å². The van der Waals surface area contributed by atoms with E-state index in [2.05, 4.69) is 15.3 Å². The normalized spacial score (nSPS) is 12.4. The summed E-state index contributed by atoms with van der Waals surface area (Å²) in [6.07, 6.45) is 5.85. The van der Waals surface area contributed by atoms with Gasteiger partial charge in [0.25, 0.3) is 5.91 Å². The molecule has 0 spiro atoms. The van der Waals surface area contributed by atoms with E-state index >= 15 is 0 Å². The Bertz CT molecular complexity index is 1000. The van der Waals surface area contributed by atoms with Crippen molar-refractivity contribution in [1.29, 1.82) is 0 Å². The van der Waals surface area contributed by atoms with Gasteiger partial charge >= 0.3 is 0 Å². The fourth-order valence-electron chi connectivity index (χ4n) is 2.65. The minimum Gasteiger partial charge on any atom is -0.392 e. The van der Waals surface area contributed by atoms with E-state index in [1.54, 1.807) is 37.5 Å². The summed E-state index contributed by atoms with van der Waals surface area (Å²) in [5.74, 6) is -0.751. The number of H-pyrrole nitrogens is 1. The molecule has 0 unspecified atom stereocenters. The van der Waals surface area contributed by atoms with Gasteiger partial charge in [-0.2, -0.15) is 0 Å². The summed E-state index contributed by atoms with van der Waals surface area (Å²) >= 11 is 0. The molecule has 0 aliphatic carbocycles. The predicted molar refractivity (Wildman–Crippen MR) is 104 cm³/mol. The summed E-state index contributed by atoms with van der Waals surface area (Å²) in [5.41, 5.74) is 8.97. The fraction of sp³-hybridized carbons (Fsp3) is 0.150. The highest BCUT2D eigenvalue weighted by Crippen LogP contribution is 2.25. The Labute approximate surface area is 155 Å². The van der Waals surface area contributed by atoms with Crippen LogP contribution in [0.3, 0.4) is 0 Å². The number of pyridine rings is 1. The lowest BCUT2D eigenvalue weighted by molar-refractivity contribution is -0.113. The van der Waals surface area contributed by atoms with Crippen LogP contribution < -0.4 is 11.1 Å². The van der Waals surface area contributed by atoms with E-state index in [0.717, 1.165) is 22.1 Å². The van der Waals surface area contributed by atoms with Crippen LogP contribution in [0.2, 0.25) is 0 Å². The topological polar surface area (TPSA) is 121 Å². The molecule has 0 aliphatic rings. The zero-order valence-electron chi connectivity index (χ0n) is 14.8. The third-order valence-electron chi connectivity index (χ3n) is 4.03. The van der Waals surface area contributed by atoms with E-state index in [4.69, 9.17) is 5.73 Å². The van der Waals surface area contributed by atoms with Crippen LogP contribution in [0.15, 0.2) is 48.8 Å². The van der Waals surface area contributed by atoms with Crippen LogP contribution in [0.25, 0.3) is 28.2 Å². The van der Waals surface area contributed by atoms with Crippen LogP contribution in [0.1, 0.15) is 22.8 Å². The van der Waals surface area contributed by atoms with Gasteiger partial charge in [0.05, 0.1) is 6.10 Å². The molecule has 0 radical (unpaired) electrons. The van der Waals surface area contributed by atoms with Crippen molar-refractivity contribution < 1.29 is 14.7 Å². The highest BCUT2D eigenvalue weighted by atomic mass is 16.3. The van der Waals surface area contributed by atoms with Gasteiger partial charge in [0.15, 0.2) is 0 Å². The Balaban J connectivity index is 1.85. The molecule has 0 saturated carbocycles. The standard InChI is InChI=1S/C20H20N4O3/c1-12(25)9-24-20(27)14-4-2-13(3-5-14)16-8-17-15(6-7-18(21)26)10-22-19(17)23-11-16/h2-8,10-12,25H,9H2,1H3,(H2,21,26)(H,22,23)(H,24,27)/t12-/m1/s1. The first kappa shape index (κ1) is 18.3. The van der Waals surface area contributed by atoms with Gasteiger partial charge in [0, 0.05) is 47.1 Å². The van der Waals surface area contributed by atoms with Crippen LogP contribution in [0.5, 0.6) is 0 Å². The number of aromatic amines is 1. The van der Waals surface area contributed by atoms with Crippen molar-refractivity contribution in [3.05, 3.63) is 59.9 Å². The third kappa shape index (κ3) is 4.39. The number of amides is 2. The number of aromatic nitrogens is 2. The number of carbonyl (C=O) groups is 2. The molecule has 3 aromatic rings. The maximum atomic E-state index is 12.0. The smallest absolute Gasteiger partial charge is 0.251 e. The van der Waals surface area contributed by atoms with Gasteiger partial charge in [-0.25, -0.2) is 4.98 Å². The van der Waals surface area contributed by atoms with Crippen LogP contribution in [-0.2, 0) is 4.79 Å². The summed E-state index contributed by atoms with van der Waals surface area (Å²) < 4.78 is 0. The van der Waals surface area contributed by atoms with Gasteiger partial charge in [0.1, 0.15) is 5.65 Å². The van der Waals surface area contributed by atoms with Gasteiger partial charge < -0.3 is 21.1 Å². The summed E-state index contributed by atoms with van der Waals surface area (Å²) in [5, 5.41) is 12.8. The molecule has 7 nitrogen and oxygen atoms in total. The van der Waals surface area contributed by atoms with Gasteiger partial charge in [-0.1, -0.05) is 12.1 Å². The Morgan fingerprint density at radius 2 is 2.04 bits per heavy atom. The molecule has 2 heterocycles. The molecule has 27 heavy (non-hydrogen) atoms. The molecule has 138 valence electrons. The third-order valence-corrected chi connectivity index (χ3v) is 4.03. The van der Waals surface area contributed by atoms with E-state index in [-0.39, 0.29) is 12.5 Å². The van der Waals surface area contributed by atoms with Crippen molar-refractivity contribution in [1.82, 2.24) is 15.3 Å². The number of nitrogens with one attached hydrogen (secondary N) is 2. The van der Waals surface area contributed by atoms with Gasteiger partial charge in [-0.3, -0.25) is 9.59 Å². The zero-order valence-corrected chi connectivity index (χ0v) is 14.8. The maximum absolute atomic E-state index is 12.0. The molecular weight excluding hydrogens is 344 g/mol. The summed E-state index contributed by atoms with van der Waals surface area (Å²) in [6.45, 7) is 1.82. The second-order valence-corrected chi connectivity index (χ2v) is 6.24. The first-order valence-electron chi connectivity index (χ1n) is 8.45. The van der Waals surface area contributed by atoms with Gasteiger partial charge in [-0.05, 0) is 36.8 Å². The van der Waals surface area contributed by atoms with Crippen LogP contribution >= 0.6 is 0 Å². The quantitative estimate of drug-likeness (QED) is 0.499. The highest BCUT2D eigenvalue weighted by molar-refractivity contribution is 5.96. The first-order chi connectivity index (χ1) is 12.9. The number of hydrogen-bond donors (Lipinski definition) is 4. The largest absolute Gasteiger partial charge is 0.392 e. The Morgan fingerprint density at radius 1 is 1.30 bits per heavy atom. The van der Waals surface area contributed by atoms with Crippen molar-refractivity contribution in [3.63, 3.8) is 0 Å². The number of nitrogens with two attached hydrogens (primary N) is 1.